The Hall–Kier alpha value is -2.36. The molecule has 28 heavy (non-hydrogen) atoms. The van der Waals surface area contributed by atoms with Crippen LogP contribution in [-0.2, 0) is 19.4 Å². The summed E-state index contributed by atoms with van der Waals surface area (Å²) in [7, 11) is -3.31. The average Bonchev–Trinajstić information content (AvgIpc) is 3.09. The smallest absolute Gasteiger partial charge is 0.294 e. The van der Waals surface area contributed by atoms with Crippen molar-refractivity contribution in [1.82, 2.24) is 10.2 Å². The molecule has 0 saturated carbocycles. The van der Waals surface area contributed by atoms with Crippen LogP contribution in [0.4, 0.5) is 4.79 Å². The number of amides is 3. The molecule has 1 unspecified atom stereocenters. The summed E-state index contributed by atoms with van der Waals surface area (Å²) in [5, 5.41) is 3.18. The highest BCUT2D eigenvalue weighted by Crippen LogP contribution is 2.32. The minimum atomic E-state index is -3.31. The van der Waals surface area contributed by atoms with Gasteiger partial charge in [0, 0.05) is 10.4 Å². The predicted octanol–water partition coefficient (Wildman–Crippen LogP) is 2.27. The lowest BCUT2D eigenvalue weighted by Crippen LogP contribution is -2.43. The van der Waals surface area contributed by atoms with E-state index in [0.717, 1.165) is 15.9 Å². The third-order valence-electron chi connectivity index (χ3n) is 3.82. The van der Waals surface area contributed by atoms with E-state index < -0.39 is 39.5 Å². The Balaban J connectivity index is 1.64. The molecular weight excluding hydrogens is 424 g/mol. The lowest BCUT2D eigenvalue weighted by atomic mass is 10.2. The van der Waals surface area contributed by atoms with Crippen molar-refractivity contribution >= 4 is 56.3 Å². The summed E-state index contributed by atoms with van der Waals surface area (Å²) in [6.07, 6.45) is 4.38. The molecule has 1 aromatic carbocycles. The van der Waals surface area contributed by atoms with Crippen molar-refractivity contribution in [3.63, 3.8) is 0 Å². The first-order chi connectivity index (χ1) is 13.2. The molecular formula is C18H15ClN2O5S2. The van der Waals surface area contributed by atoms with Crippen LogP contribution in [0.1, 0.15) is 5.56 Å². The fraction of sp³-hybridized carbons (Fsp3) is 0.167. The molecule has 1 saturated heterocycles. The maximum atomic E-state index is 12.4. The standard InChI is InChI=1S/C18H15ClN2O5S2/c19-13(8-12-4-2-1-3-5-12)9-15-17(23)21(18(24)27-15)10-16(22)20-14-6-7-28(25,26)11-14/h1-9,14H,10-11H2,(H,20,22)/b13-8-,15-9-. The molecule has 146 valence electrons. The monoisotopic (exact) mass is 438 g/mol. The van der Waals surface area contributed by atoms with Crippen molar-refractivity contribution in [3.8, 4) is 0 Å². The van der Waals surface area contributed by atoms with Crippen molar-refractivity contribution in [2.75, 3.05) is 12.3 Å². The van der Waals surface area contributed by atoms with Crippen molar-refractivity contribution in [3.05, 3.63) is 63.4 Å². The van der Waals surface area contributed by atoms with E-state index in [4.69, 9.17) is 11.6 Å². The molecule has 1 fully saturated rings. The van der Waals surface area contributed by atoms with Crippen LogP contribution in [0.15, 0.2) is 57.8 Å². The molecule has 0 spiro atoms. The van der Waals surface area contributed by atoms with Gasteiger partial charge in [-0.2, -0.15) is 0 Å². The van der Waals surface area contributed by atoms with Crippen molar-refractivity contribution in [2.45, 2.75) is 6.04 Å². The number of hydrogen-bond donors (Lipinski definition) is 1. The zero-order chi connectivity index (χ0) is 20.3. The van der Waals surface area contributed by atoms with Gasteiger partial charge in [0.05, 0.1) is 16.7 Å². The Morgan fingerprint density at radius 3 is 2.64 bits per heavy atom. The average molecular weight is 439 g/mol. The topological polar surface area (TPSA) is 101 Å². The molecule has 3 rings (SSSR count). The van der Waals surface area contributed by atoms with E-state index in [9.17, 15) is 22.8 Å². The fourth-order valence-corrected chi connectivity index (χ4v) is 4.94. The van der Waals surface area contributed by atoms with Gasteiger partial charge in [-0.1, -0.05) is 41.9 Å². The molecule has 10 heteroatoms. The molecule has 2 aliphatic heterocycles. The van der Waals surface area contributed by atoms with E-state index in [2.05, 4.69) is 5.32 Å². The van der Waals surface area contributed by atoms with Crippen molar-refractivity contribution in [2.24, 2.45) is 0 Å². The summed E-state index contributed by atoms with van der Waals surface area (Å²) in [4.78, 5) is 37.5. The van der Waals surface area contributed by atoms with Crippen molar-refractivity contribution < 1.29 is 22.8 Å². The van der Waals surface area contributed by atoms with Crippen LogP contribution >= 0.6 is 23.4 Å². The number of sulfone groups is 1. The second-order valence-corrected chi connectivity index (χ2v) is 9.40. The number of imide groups is 1. The summed E-state index contributed by atoms with van der Waals surface area (Å²) >= 11 is 6.84. The number of nitrogens with zero attached hydrogens (tertiary/aromatic N) is 1. The van der Waals surface area contributed by atoms with E-state index >= 15 is 0 Å². The molecule has 0 aliphatic carbocycles. The summed E-state index contributed by atoms with van der Waals surface area (Å²) in [5.41, 5.74) is 0.835. The lowest BCUT2D eigenvalue weighted by Gasteiger charge is -2.14. The van der Waals surface area contributed by atoms with Crippen LogP contribution in [0.25, 0.3) is 6.08 Å². The summed E-state index contributed by atoms with van der Waals surface area (Å²) < 4.78 is 22.7. The zero-order valence-electron chi connectivity index (χ0n) is 14.4. The van der Waals surface area contributed by atoms with Gasteiger partial charge >= 0.3 is 0 Å². The molecule has 1 atom stereocenters. The second kappa shape index (κ2) is 8.34. The van der Waals surface area contributed by atoms with Gasteiger partial charge in [-0.3, -0.25) is 19.3 Å². The fourth-order valence-electron chi connectivity index (χ4n) is 2.57. The van der Waals surface area contributed by atoms with Gasteiger partial charge in [0.2, 0.25) is 5.91 Å². The van der Waals surface area contributed by atoms with Gasteiger partial charge in [-0.15, -0.1) is 0 Å². The first-order valence-electron chi connectivity index (χ1n) is 8.11. The van der Waals surface area contributed by atoms with E-state index in [0.29, 0.717) is 11.8 Å². The summed E-state index contributed by atoms with van der Waals surface area (Å²) in [5.74, 6) is -1.49. The van der Waals surface area contributed by atoms with Crippen LogP contribution in [0.5, 0.6) is 0 Å². The lowest BCUT2D eigenvalue weighted by molar-refractivity contribution is -0.129. The normalized spacial score (nSPS) is 22.9. The minimum Gasteiger partial charge on any atom is -0.347 e. The zero-order valence-corrected chi connectivity index (χ0v) is 16.8. The highest BCUT2D eigenvalue weighted by molar-refractivity contribution is 8.18. The quantitative estimate of drug-likeness (QED) is 0.708. The van der Waals surface area contributed by atoms with Gasteiger partial charge in [0.25, 0.3) is 11.1 Å². The van der Waals surface area contributed by atoms with Gasteiger partial charge in [0.15, 0.2) is 9.84 Å². The Morgan fingerprint density at radius 1 is 1.29 bits per heavy atom. The van der Waals surface area contributed by atoms with Gasteiger partial charge in [-0.25, -0.2) is 8.42 Å². The van der Waals surface area contributed by atoms with Gasteiger partial charge < -0.3 is 5.32 Å². The highest BCUT2D eigenvalue weighted by Gasteiger charge is 2.37. The number of carbonyl (C=O) groups is 3. The minimum absolute atomic E-state index is 0.110. The summed E-state index contributed by atoms with van der Waals surface area (Å²) in [6.45, 7) is -0.494. The number of thioether (sulfide) groups is 1. The Labute approximate surface area is 171 Å². The molecule has 1 aromatic rings. The molecule has 3 amide bonds. The maximum Gasteiger partial charge on any atom is 0.294 e. The van der Waals surface area contributed by atoms with Crippen LogP contribution < -0.4 is 5.32 Å². The molecule has 0 radical (unpaired) electrons. The van der Waals surface area contributed by atoms with E-state index in [1.807, 2.05) is 30.3 Å². The third-order valence-corrected chi connectivity index (χ3v) is 6.35. The molecule has 2 heterocycles. The molecule has 1 N–H and O–H groups in total. The molecule has 0 bridgehead atoms. The summed E-state index contributed by atoms with van der Waals surface area (Å²) in [6, 6.07) is 8.54. The number of halogens is 1. The number of benzene rings is 1. The molecule has 2 aliphatic rings. The third kappa shape index (κ3) is 5.12. The number of carbonyl (C=O) groups excluding carboxylic acids is 3. The number of nitrogens with one attached hydrogen (secondary N) is 1. The number of allylic oxidation sites excluding steroid dienone is 2. The van der Waals surface area contributed by atoms with Crippen molar-refractivity contribution in [1.29, 1.82) is 0 Å². The van der Waals surface area contributed by atoms with E-state index in [1.165, 1.54) is 12.2 Å². The van der Waals surface area contributed by atoms with E-state index in [-0.39, 0.29) is 15.7 Å². The van der Waals surface area contributed by atoms with Crippen LogP contribution in [0.3, 0.4) is 0 Å². The Kier molecular flexibility index (Phi) is 6.07. The Bertz CT molecular complexity index is 1020. The molecule has 0 aromatic heterocycles. The number of rotatable bonds is 5. The Morgan fingerprint density at radius 2 is 2.00 bits per heavy atom. The van der Waals surface area contributed by atoms with Gasteiger partial charge in [0.1, 0.15) is 6.54 Å². The van der Waals surface area contributed by atoms with Crippen LogP contribution in [-0.4, -0.2) is 48.7 Å². The SMILES string of the molecule is O=C(CN1C(=O)S/C(=C\C(Cl)=C\c2ccccc2)C1=O)NC1C=CS(=O)(=O)C1. The first-order valence-corrected chi connectivity index (χ1v) is 11.0. The van der Waals surface area contributed by atoms with Gasteiger partial charge in [-0.05, 0) is 35.6 Å². The first kappa shape index (κ1) is 20.4. The predicted molar refractivity (Wildman–Crippen MR) is 108 cm³/mol. The van der Waals surface area contributed by atoms with E-state index in [1.54, 1.807) is 6.08 Å². The largest absolute Gasteiger partial charge is 0.347 e. The second-order valence-electron chi connectivity index (χ2n) is 6.04. The maximum absolute atomic E-state index is 12.4. The molecule has 7 nitrogen and oxygen atoms in total. The number of hydrogen-bond acceptors (Lipinski definition) is 6. The highest BCUT2D eigenvalue weighted by atomic mass is 35.5. The van der Waals surface area contributed by atoms with Crippen LogP contribution in [0.2, 0.25) is 0 Å². The van der Waals surface area contributed by atoms with Crippen LogP contribution in [0, 0.1) is 0 Å².